The van der Waals surface area contributed by atoms with E-state index in [1.807, 2.05) is 7.11 Å². The van der Waals surface area contributed by atoms with Crippen molar-refractivity contribution in [1.29, 1.82) is 0 Å². The van der Waals surface area contributed by atoms with Gasteiger partial charge in [0.25, 0.3) is 0 Å². The van der Waals surface area contributed by atoms with Crippen molar-refractivity contribution >= 4 is 0 Å². The fraction of sp³-hybridized carbons (Fsp3) is 0.909. The number of aliphatic hydroxyl groups is 1. The summed E-state index contributed by atoms with van der Waals surface area (Å²) in [6.07, 6.45) is 13.2. The molecule has 0 bridgehead atoms. The van der Waals surface area contributed by atoms with E-state index in [4.69, 9.17) is 4.74 Å². The first-order valence-corrected chi connectivity index (χ1v) is 10.3. The number of hydrogen-bond donors (Lipinski definition) is 1. The van der Waals surface area contributed by atoms with E-state index in [9.17, 15) is 5.11 Å². The summed E-state index contributed by atoms with van der Waals surface area (Å²) in [5.41, 5.74) is 0.626. The van der Waals surface area contributed by atoms with Crippen molar-refractivity contribution in [2.45, 2.75) is 83.3 Å². The molecule has 4 rings (SSSR count). The molecule has 3 unspecified atom stereocenters. The van der Waals surface area contributed by atoms with Crippen molar-refractivity contribution in [3.63, 3.8) is 0 Å². The molecular weight excluding hydrogens is 296 g/mol. The summed E-state index contributed by atoms with van der Waals surface area (Å²) in [6, 6.07) is 0. The molecule has 0 heterocycles. The van der Waals surface area contributed by atoms with E-state index in [0.717, 1.165) is 42.9 Å². The molecule has 0 radical (unpaired) electrons. The molecule has 4 aliphatic rings. The Kier molecular flexibility index (Phi) is 3.97. The molecule has 4 aliphatic carbocycles. The number of aliphatic hydroxyl groups excluding tert-OH is 1. The van der Waals surface area contributed by atoms with E-state index in [-0.39, 0.29) is 17.1 Å². The highest BCUT2D eigenvalue weighted by molar-refractivity contribution is 5.19. The van der Waals surface area contributed by atoms with Gasteiger partial charge in [0.15, 0.2) is 0 Å². The van der Waals surface area contributed by atoms with Crippen LogP contribution >= 0.6 is 0 Å². The smallest absolute Gasteiger partial charge is 0.0912 e. The SMILES string of the molecule is C=CC1(OC)CC[C@H]2[C@@H]3CCC4CC(O)CC[C@]4(C)[C@@H]3CC[C@@]21C. The van der Waals surface area contributed by atoms with Crippen LogP contribution < -0.4 is 0 Å². The van der Waals surface area contributed by atoms with Crippen molar-refractivity contribution in [1.82, 2.24) is 0 Å². The minimum atomic E-state index is -0.108. The molecule has 2 heteroatoms. The van der Waals surface area contributed by atoms with Gasteiger partial charge >= 0.3 is 0 Å². The van der Waals surface area contributed by atoms with Gasteiger partial charge in [0.1, 0.15) is 0 Å². The Balaban J connectivity index is 1.64. The zero-order valence-corrected chi connectivity index (χ0v) is 15.9. The zero-order valence-electron chi connectivity index (χ0n) is 15.9. The molecule has 0 aliphatic heterocycles. The molecule has 0 aromatic carbocycles. The minimum absolute atomic E-state index is 0.0399. The molecule has 136 valence electrons. The first-order valence-electron chi connectivity index (χ1n) is 10.3. The molecule has 24 heavy (non-hydrogen) atoms. The Morgan fingerprint density at radius 2 is 1.75 bits per heavy atom. The molecule has 4 saturated carbocycles. The van der Waals surface area contributed by atoms with Crippen LogP contribution in [0.25, 0.3) is 0 Å². The second-order valence-electron chi connectivity index (χ2n) is 9.88. The maximum atomic E-state index is 10.2. The van der Waals surface area contributed by atoms with E-state index >= 15 is 0 Å². The Hall–Kier alpha value is -0.340. The summed E-state index contributed by atoms with van der Waals surface area (Å²) in [5.74, 6) is 3.26. The van der Waals surface area contributed by atoms with Crippen LogP contribution in [0.1, 0.15) is 71.6 Å². The van der Waals surface area contributed by atoms with Gasteiger partial charge < -0.3 is 9.84 Å². The molecule has 0 aromatic heterocycles. The average Bonchev–Trinajstić information content (AvgIpc) is 2.88. The number of fused-ring (bicyclic) bond motifs is 5. The van der Waals surface area contributed by atoms with Crippen LogP contribution in [-0.4, -0.2) is 23.9 Å². The molecule has 0 saturated heterocycles. The molecule has 0 aromatic rings. The monoisotopic (exact) mass is 332 g/mol. The second-order valence-corrected chi connectivity index (χ2v) is 9.88. The highest BCUT2D eigenvalue weighted by Crippen LogP contribution is 2.68. The summed E-state index contributed by atoms with van der Waals surface area (Å²) >= 11 is 0. The minimum Gasteiger partial charge on any atom is -0.393 e. The molecular formula is C22H36O2. The lowest BCUT2D eigenvalue weighted by atomic mass is 9.44. The molecule has 0 spiro atoms. The van der Waals surface area contributed by atoms with Crippen LogP contribution in [0.5, 0.6) is 0 Å². The Bertz CT molecular complexity index is 516. The van der Waals surface area contributed by atoms with Gasteiger partial charge in [-0.05, 0) is 86.9 Å². The van der Waals surface area contributed by atoms with Gasteiger partial charge in [-0.1, -0.05) is 19.9 Å². The lowest BCUT2D eigenvalue weighted by Crippen LogP contribution is -2.56. The van der Waals surface area contributed by atoms with Crippen LogP contribution in [-0.2, 0) is 4.74 Å². The normalized spacial score (nSPS) is 56.9. The van der Waals surface area contributed by atoms with Gasteiger partial charge in [0, 0.05) is 12.5 Å². The van der Waals surface area contributed by atoms with E-state index in [2.05, 4.69) is 26.5 Å². The molecule has 0 amide bonds. The standard InChI is InChI=1S/C22H36O2/c1-5-22(24-4)13-10-19-17-7-6-15-14-16(23)8-11-20(15,2)18(17)9-12-21(19,22)3/h5,15-19,23H,1,6-14H2,2-4H3/t15?,16?,17-,18-,19+,20+,21+,22?/m1/s1. The molecule has 2 nitrogen and oxygen atoms in total. The average molecular weight is 333 g/mol. The van der Waals surface area contributed by atoms with Crippen molar-refractivity contribution in [2.75, 3.05) is 7.11 Å². The van der Waals surface area contributed by atoms with E-state index in [1.54, 1.807) is 0 Å². The van der Waals surface area contributed by atoms with Crippen molar-refractivity contribution in [2.24, 2.45) is 34.5 Å². The Morgan fingerprint density at radius 1 is 1.00 bits per heavy atom. The first kappa shape index (κ1) is 17.1. The highest BCUT2D eigenvalue weighted by atomic mass is 16.5. The number of hydrogen-bond acceptors (Lipinski definition) is 2. The van der Waals surface area contributed by atoms with Crippen molar-refractivity contribution < 1.29 is 9.84 Å². The summed E-state index contributed by atoms with van der Waals surface area (Å²) in [4.78, 5) is 0. The number of rotatable bonds is 2. The van der Waals surface area contributed by atoms with Crippen molar-refractivity contribution in [3.05, 3.63) is 12.7 Å². The predicted molar refractivity (Wildman–Crippen MR) is 97.7 cm³/mol. The molecule has 1 N–H and O–H groups in total. The third-order valence-corrected chi connectivity index (χ3v) is 9.52. The van der Waals surface area contributed by atoms with Gasteiger partial charge in [-0.3, -0.25) is 0 Å². The summed E-state index contributed by atoms with van der Waals surface area (Å²) in [6.45, 7) is 9.22. The Labute approximate surface area is 148 Å². The van der Waals surface area contributed by atoms with Gasteiger partial charge in [-0.25, -0.2) is 0 Å². The van der Waals surface area contributed by atoms with Gasteiger partial charge in [-0.15, -0.1) is 6.58 Å². The number of methoxy groups -OCH3 is 1. The topological polar surface area (TPSA) is 29.5 Å². The van der Waals surface area contributed by atoms with Crippen LogP contribution in [0, 0.1) is 34.5 Å². The predicted octanol–water partition coefficient (Wildman–Crippen LogP) is 4.96. The van der Waals surface area contributed by atoms with Gasteiger partial charge in [0.2, 0.25) is 0 Å². The van der Waals surface area contributed by atoms with E-state index < -0.39 is 0 Å². The number of ether oxygens (including phenoxy) is 1. The second kappa shape index (κ2) is 5.58. The quantitative estimate of drug-likeness (QED) is 0.724. The fourth-order valence-electron chi connectivity index (χ4n) is 8.02. The largest absolute Gasteiger partial charge is 0.393 e. The highest BCUT2D eigenvalue weighted by Gasteiger charge is 2.64. The maximum absolute atomic E-state index is 10.2. The van der Waals surface area contributed by atoms with Crippen molar-refractivity contribution in [3.8, 4) is 0 Å². The van der Waals surface area contributed by atoms with Crippen LogP contribution in [0.3, 0.4) is 0 Å². The lowest BCUT2D eigenvalue weighted by Gasteiger charge is -2.61. The summed E-state index contributed by atoms with van der Waals surface area (Å²) in [7, 11) is 1.89. The maximum Gasteiger partial charge on any atom is 0.0912 e. The van der Waals surface area contributed by atoms with Gasteiger partial charge in [0.05, 0.1) is 11.7 Å². The van der Waals surface area contributed by atoms with Gasteiger partial charge in [-0.2, -0.15) is 0 Å². The van der Waals surface area contributed by atoms with Crippen LogP contribution in [0.2, 0.25) is 0 Å². The third-order valence-electron chi connectivity index (χ3n) is 9.52. The first-order chi connectivity index (χ1) is 11.4. The molecule has 4 fully saturated rings. The molecule has 8 atom stereocenters. The van der Waals surface area contributed by atoms with E-state index in [0.29, 0.717) is 5.41 Å². The lowest BCUT2D eigenvalue weighted by molar-refractivity contribution is -0.153. The summed E-state index contributed by atoms with van der Waals surface area (Å²) in [5, 5.41) is 10.2. The Morgan fingerprint density at radius 3 is 2.46 bits per heavy atom. The summed E-state index contributed by atoms with van der Waals surface area (Å²) < 4.78 is 6.09. The third kappa shape index (κ3) is 2.02. The fourth-order valence-corrected chi connectivity index (χ4v) is 8.02. The van der Waals surface area contributed by atoms with Crippen LogP contribution in [0.4, 0.5) is 0 Å². The van der Waals surface area contributed by atoms with Crippen LogP contribution in [0.15, 0.2) is 12.7 Å². The zero-order chi connectivity index (χ0) is 17.2. The van der Waals surface area contributed by atoms with E-state index in [1.165, 1.54) is 38.5 Å².